The van der Waals surface area contributed by atoms with E-state index in [-0.39, 0.29) is 0 Å². The summed E-state index contributed by atoms with van der Waals surface area (Å²) in [5.74, 6) is 1.56. The smallest absolute Gasteiger partial charge is 0.127 e. The summed E-state index contributed by atoms with van der Waals surface area (Å²) < 4.78 is 5.70. The fraction of sp³-hybridized carbons (Fsp3) is 0.294. The minimum atomic E-state index is 0.555. The van der Waals surface area contributed by atoms with Gasteiger partial charge < -0.3 is 10.1 Å². The van der Waals surface area contributed by atoms with Crippen molar-refractivity contribution < 1.29 is 4.74 Å². The van der Waals surface area contributed by atoms with Crippen LogP contribution in [0.4, 0.5) is 0 Å². The van der Waals surface area contributed by atoms with Gasteiger partial charge >= 0.3 is 0 Å². The number of hydrogen-bond donors (Lipinski definition) is 1. The van der Waals surface area contributed by atoms with Crippen molar-refractivity contribution in [1.82, 2.24) is 5.32 Å². The average Bonchev–Trinajstić information content (AvgIpc) is 2.96. The fourth-order valence-corrected chi connectivity index (χ4v) is 3.01. The minimum Gasteiger partial charge on any atom is -0.493 e. The van der Waals surface area contributed by atoms with Crippen LogP contribution < -0.4 is 10.1 Å². The molecule has 4 heteroatoms. The number of halogens is 2. The third-order valence-electron chi connectivity index (χ3n) is 3.65. The van der Waals surface area contributed by atoms with Gasteiger partial charge in [0.25, 0.3) is 0 Å². The lowest BCUT2D eigenvalue weighted by atomic mass is 10.1. The van der Waals surface area contributed by atoms with Crippen molar-refractivity contribution >= 4 is 23.2 Å². The molecule has 0 unspecified atom stereocenters. The molecule has 0 radical (unpaired) electrons. The Bertz CT molecular complexity index is 625. The van der Waals surface area contributed by atoms with Crippen molar-refractivity contribution in [2.75, 3.05) is 6.61 Å². The van der Waals surface area contributed by atoms with Crippen molar-refractivity contribution in [2.24, 2.45) is 0 Å². The summed E-state index contributed by atoms with van der Waals surface area (Å²) in [6.07, 6.45) is 0.947. The number of benzene rings is 2. The molecule has 0 aliphatic carbocycles. The summed E-state index contributed by atoms with van der Waals surface area (Å²) >= 11 is 12.0. The molecule has 2 aromatic carbocycles. The van der Waals surface area contributed by atoms with Gasteiger partial charge in [-0.3, -0.25) is 0 Å². The topological polar surface area (TPSA) is 21.3 Å². The summed E-state index contributed by atoms with van der Waals surface area (Å²) in [4.78, 5) is 0. The van der Waals surface area contributed by atoms with Crippen molar-refractivity contribution in [1.29, 1.82) is 0 Å². The van der Waals surface area contributed by atoms with Gasteiger partial charge in [-0.15, -0.1) is 11.6 Å². The number of fused-ring (bicyclic) bond motifs is 1. The maximum Gasteiger partial charge on any atom is 0.127 e. The molecule has 0 saturated heterocycles. The molecule has 0 amide bonds. The standard InChI is InChI=1S/C17H17Cl2NO/c18-9-12-1-3-13(4-2-12)10-20-11-15-8-16(19)7-14-5-6-21-17(14)15/h1-4,7-8,20H,5-6,9-11H2. The average molecular weight is 322 g/mol. The molecule has 1 heterocycles. The van der Waals surface area contributed by atoms with Crippen molar-refractivity contribution in [3.63, 3.8) is 0 Å². The predicted octanol–water partition coefficient (Wildman–Crippen LogP) is 4.30. The maximum absolute atomic E-state index is 6.16. The molecule has 0 fully saturated rings. The molecule has 1 N–H and O–H groups in total. The van der Waals surface area contributed by atoms with Crippen LogP contribution in [0.5, 0.6) is 5.75 Å². The summed E-state index contributed by atoms with van der Waals surface area (Å²) in [7, 11) is 0. The molecule has 0 aromatic heterocycles. The molecular weight excluding hydrogens is 305 g/mol. The van der Waals surface area contributed by atoms with Crippen LogP contribution in [0, 0.1) is 0 Å². The molecule has 110 valence electrons. The van der Waals surface area contributed by atoms with Crippen LogP contribution in [0.1, 0.15) is 22.3 Å². The minimum absolute atomic E-state index is 0.555. The van der Waals surface area contributed by atoms with Gasteiger partial charge in [-0.25, -0.2) is 0 Å². The lowest BCUT2D eigenvalue weighted by Crippen LogP contribution is -2.13. The third kappa shape index (κ3) is 3.52. The molecule has 3 rings (SSSR count). The highest BCUT2D eigenvalue weighted by molar-refractivity contribution is 6.30. The van der Waals surface area contributed by atoms with Crippen LogP contribution in [0.25, 0.3) is 0 Å². The van der Waals surface area contributed by atoms with E-state index in [1.807, 2.05) is 12.1 Å². The summed E-state index contributed by atoms with van der Waals surface area (Å²) in [5.41, 5.74) is 4.73. The molecule has 0 atom stereocenters. The quantitative estimate of drug-likeness (QED) is 0.829. The second-order valence-corrected chi connectivity index (χ2v) is 5.91. The van der Waals surface area contributed by atoms with Gasteiger partial charge in [0.1, 0.15) is 5.75 Å². The first-order valence-electron chi connectivity index (χ1n) is 7.05. The first-order valence-corrected chi connectivity index (χ1v) is 7.96. The van der Waals surface area contributed by atoms with Gasteiger partial charge in [0.05, 0.1) is 6.61 Å². The lowest BCUT2D eigenvalue weighted by molar-refractivity contribution is 0.352. The van der Waals surface area contributed by atoms with Crippen molar-refractivity contribution in [2.45, 2.75) is 25.4 Å². The van der Waals surface area contributed by atoms with Crippen LogP contribution in [-0.4, -0.2) is 6.61 Å². The molecule has 21 heavy (non-hydrogen) atoms. The Morgan fingerprint density at radius 3 is 2.57 bits per heavy atom. The van der Waals surface area contributed by atoms with Gasteiger partial charge in [-0.05, 0) is 28.8 Å². The fourth-order valence-electron chi connectivity index (χ4n) is 2.57. The Labute approximate surface area is 135 Å². The second kappa shape index (κ2) is 6.69. The molecule has 2 aromatic rings. The highest BCUT2D eigenvalue weighted by Gasteiger charge is 2.17. The summed E-state index contributed by atoms with van der Waals surface area (Å²) in [6, 6.07) is 12.3. The Morgan fingerprint density at radius 1 is 1.05 bits per heavy atom. The molecule has 1 aliphatic heterocycles. The Balaban J connectivity index is 1.63. The van der Waals surface area contributed by atoms with Gasteiger partial charge in [-0.2, -0.15) is 0 Å². The Kier molecular flexibility index (Phi) is 4.69. The molecule has 1 aliphatic rings. The van der Waals surface area contributed by atoms with E-state index in [0.717, 1.165) is 48.0 Å². The van der Waals surface area contributed by atoms with Gasteiger partial charge in [0.15, 0.2) is 0 Å². The highest BCUT2D eigenvalue weighted by Crippen LogP contribution is 2.32. The Morgan fingerprint density at radius 2 is 1.81 bits per heavy atom. The number of alkyl halides is 1. The van der Waals surface area contributed by atoms with Crippen LogP contribution in [0.3, 0.4) is 0 Å². The summed E-state index contributed by atoms with van der Waals surface area (Å²) in [5, 5.41) is 4.22. The number of hydrogen-bond acceptors (Lipinski definition) is 2. The maximum atomic E-state index is 6.16. The zero-order valence-electron chi connectivity index (χ0n) is 11.7. The van der Waals surface area contributed by atoms with E-state index in [2.05, 4.69) is 29.6 Å². The van der Waals surface area contributed by atoms with E-state index in [0.29, 0.717) is 5.88 Å². The van der Waals surface area contributed by atoms with E-state index in [9.17, 15) is 0 Å². The van der Waals surface area contributed by atoms with E-state index in [1.54, 1.807) is 0 Å². The van der Waals surface area contributed by atoms with Crippen LogP contribution in [0.2, 0.25) is 5.02 Å². The van der Waals surface area contributed by atoms with E-state index >= 15 is 0 Å². The van der Waals surface area contributed by atoms with Crippen LogP contribution >= 0.6 is 23.2 Å². The molecular formula is C17H17Cl2NO. The predicted molar refractivity (Wildman–Crippen MR) is 87.2 cm³/mol. The number of ether oxygens (including phenoxy) is 1. The monoisotopic (exact) mass is 321 g/mol. The number of rotatable bonds is 5. The molecule has 0 bridgehead atoms. The summed E-state index contributed by atoms with van der Waals surface area (Å²) in [6.45, 7) is 2.31. The normalized spacial score (nSPS) is 13.0. The first kappa shape index (κ1) is 14.7. The second-order valence-electron chi connectivity index (χ2n) is 5.21. The third-order valence-corrected chi connectivity index (χ3v) is 4.17. The van der Waals surface area contributed by atoms with Crippen molar-refractivity contribution in [3.8, 4) is 5.75 Å². The molecule has 2 nitrogen and oxygen atoms in total. The lowest BCUT2D eigenvalue weighted by Gasteiger charge is -2.10. The zero-order chi connectivity index (χ0) is 14.7. The first-order chi connectivity index (χ1) is 10.3. The van der Waals surface area contributed by atoms with E-state index < -0.39 is 0 Å². The molecule has 0 spiro atoms. The largest absolute Gasteiger partial charge is 0.493 e. The highest BCUT2D eigenvalue weighted by atomic mass is 35.5. The van der Waals surface area contributed by atoms with Crippen LogP contribution in [0.15, 0.2) is 36.4 Å². The van der Waals surface area contributed by atoms with E-state index in [4.69, 9.17) is 27.9 Å². The SMILES string of the molecule is ClCc1ccc(CNCc2cc(Cl)cc3c2OCC3)cc1. The van der Waals surface area contributed by atoms with Gasteiger partial charge in [0.2, 0.25) is 0 Å². The zero-order valence-corrected chi connectivity index (χ0v) is 13.2. The Hall–Kier alpha value is -1.22. The van der Waals surface area contributed by atoms with E-state index in [1.165, 1.54) is 11.1 Å². The van der Waals surface area contributed by atoms with Gasteiger partial charge in [-0.1, -0.05) is 35.9 Å². The van der Waals surface area contributed by atoms with Gasteiger partial charge in [0, 0.05) is 36.0 Å². The number of nitrogens with one attached hydrogen (secondary N) is 1. The van der Waals surface area contributed by atoms with Crippen molar-refractivity contribution in [3.05, 3.63) is 63.7 Å². The van der Waals surface area contributed by atoms with Crippen LogP contribution in [-0.2, 0) is 25.4 Å². The molecule has 0 saturated carbocycles.